The lowest BCUT2D eigenvalue weighted by Gasteiger charge is -2.16. The average Bonchev–Trinajstić information content (AvgIpc) is 2.87. The number of nitrogens with one attached hydrogen (secondary N) is 2. The number of hydrogen-bond donors (Lipinski definition) is 3. The van der Waals surface area contributed by atoms with E-state index in [1.807, 2.05) is 35.9 Å². The van der Waals surface area contributed by atoms with Gasteiger partial charge in [0, 0.05) is 12.1 Å². The molecule has 0 aromatic heterocycles. The van der Waals surface area contributed by atoms with E-state index < -0.39 is 16.1 Å². The molecule has 2 aromatic rings. The zero-order chi connectivity index (χ0) is 19.6. The fourth-order valence-corrected chi connectivity index (χ4v) is 3.94. The number of carbonyl (C=O) groups excluding carboxylic acids is 2. The Hall–Kier alpha value is -3.07. The van der Waals surface area contributed by atoms with Crippen molar-refractivity contribution in [1.29, 1.82) is 0 Å². The summed E-state index contributed by atoms with van der Waals surface area (Å²) < 4.78 is 26.4. The van der Waals surface area contributed by atoms with E-state index in [9.17, 15) is 23.1 Å². The monoisotopic (exact) mass is 389 g/mol. The molecule has 1 aliphatic heterocycles. The minimum Gasteiger partial charge on any atom is -0.506 e. The van der Waals surface area contributed by atoms with Crippen LogP contribution in [0.25, 0.3) is 0 Å². The third-order valence-electron chi connectivity index (χ3n) is 4.19. The van der Waals surface area contributed by atoms with E-state index in [0.29, 0.717) is 12.0 Å². The summed E-state index contributed by atoms with van der Waals surface area (Å²) in [7, 11) is -3.98. The molecule has 0 bridgehead atoms. The van der Waals surface area contributed by atoms with Gasteiger partial charge in [0.15, 0.2) is 0 Å². The summed E-state index contributed by atoms with van der Waals surface area (Å²) in [6, 6.07) is 11.9. The van der Waals surface area contributed by atoms with Crippen molar-refractivity contribution in [3.05, 3.63) is 53.6 Å². The van der Waals surface area contributed by atoms with E-state index in [4.69, 9.17) is 0 Å². The average molecular weight is 389 g/mol. The standard InChI is InChI=1S/C18H19N3O5S/c1-12-4-2-3-5-14(12)19-17(23)9-7-13-6-8-15(16(22)10-13)21-11-18(24)20-27(21,25)26/h2-6,8,10,22H,7,9,11H2,1H3,(H,19,23)(H,20,24). The minimum absolute atomic E-state index is 0.0152. The lowest BCUT2D eigenvalue weighted by Crippen LogP contribution is -2.29. The number of benzene rings is 2. The molecule has 0 unspecified atom stereocenters. The maximum atomic E-state index is 12.1. The van der Waals surface area contributed by atoms with Gasteiger partial charge in [0.2, 0.25) is 5.91 Å². The summed E-state index contributed by atoms with van der Waals surface area (Å²) >= 11 is 0. The van der Waals surface area contributed by atoms with Crippen LogP contribution in [-0.4, -0.2) is 31.9 Å². The molecule has 1 saturated heterocycles. The zero-order valence-electron chi connectivity index (χ0n) is 14.6. The highest BCUT2D eigenvalue weighted by Gasteiger charge is 2.35. The predicted octanol–water partition coefficient (Wildman–Crippen LogP) is 1.45. The molecule has 142 valence electrons. The van der Waals surface area contributed by atoms with Gasteiger partial charge in [-0.2, -0.15) is 8.42 Å². The Bertz CT molecular complexity index is 1000. The van der Waals surface area contributed by atoms with Gasteiger partial charge in [0.1, 0.15) is 12.3 Å². The highest BCUT2D eigenvalue weighted by Crippen LogP contribution is 2.31. The predicted molar refractivity (Wildman–Crippen MR) is 101 cm³/mol. The fourth-order valence-electron chi connectivity index (χ4n) is 2.78. The van der Waals surface area contributed by atoms with Crippen LogP contribution in [0.3, 0.4) is 0 Å². The normalized spacial score (nSPS) is 15.4. The van der Waals surface area contributed by atoms with Crippen molar-refractivity contribution in [3.8, 4) is 5.75 Å². The van der Waals surface area contributed by atoms with Crippen LogP contribution >= 0.6 is 0 Å². The summed E-state index contributed by atoms with van der Waals surface area (Å²) in [6.45, 7) is 1.52. The number of aromatic hydroxyl groups is 1. The Morgan fingerprint density at radius 1 is 1.26 bits per heavy atom. The number of amides is 2. The smallest absolute Gasteiger partial charge is 0.326 e. The van der Waals surface area contributed by atoms with Crippen LogP contribution in [0, 0.1) is 6.92 Å². The molecule has 0 aliphatic carbocycles. The maximum Gasteiger partial charge on any atom is 0.326 e. The second-order valence-electron chi connectivity index (χ2n) is 6.22. The summed E-state index contributed by atoms with van der Waals surface area (Å²) in [4.78, 5) is 23.4. The topological polar surface area (TPSA) is 116 Å². The Morgan fingerprint density at radius 2 is 2.00 bits per heavy atom. The third kappa shape index (κ3) is 4.20. The minimum atomic E-state index is -3.98. The molecule has 2 aromatic carbocycles. The Balaban J connectivity index is 1.65. The van der Waals surface area contributed by atoms with E-state index >= 15 is 0 Å². The first-order valence-corrected chi connectivity index (χ1v) is 9.71. The van der Waals surface area contributed by atoms with Crippen molar-refractivity contribution < 1.29 is 23.1 Å². The first-order chi connectivity index (χ1) is 12.8. The van der Waals surface area contributed by atoms with E-state index in [1.54, 1.807) is 6.07 Å². The number of nitrogens with zero attached hydrogens (tertiary/aromatic N) is 1. The number of carbonyl (C=O) groups is 2. The van der Waals surface area contributed by atoms with Crippen LogP contribution in [0.15, 0.2) is 42.5 Å². The Morgan fingerprint density at radius 3 is 2.63 bits per heavy atom. The Labute approximate surface area is 157 Å². The molecule has 27 heavy (non-hydrogen) atoms. The molecule has 3 N–H and O–H groups in total. The number of anilines is 2. The van der Waals surface area contributed by atoms with Gasteiger partial charge in [0.05, 0.1) is 5.69 Å². The lowest BCUT2D eigenvalue weighted by atomic mass is 10.1. The summed E-state index contributed by atoms with van der Waals surface area (Å²) in [5.74, 6) is -1.09. The van der Waals surface area contributed by atoms with Crippen LogP contribution in [-0.2, 0) is 26.2 Å². The van der Waals surface area contributed by atoms with Gasteiger partial charge in [-0.25, -0.2) is 9.03 Å². The zero-order valence-corrected chi connectivity index (χ0v) is 15.4. The number of rotatable bonds is 5. The molecule has 0 atom stereocenters. The van der Waals surface area contributed by atoms with Gasteiger partial charge < -0.3 is 10.4 Å². The second kappa shape index (κ2) is 7.28. The summed E-state index contributed by atoms with van der Waals surface area (Å²) in [5.41, 5.74) is 2.40. The van der Waals surface area contributed by atoms with E-state index in [2.05, 4.69) is 5.32 Å². The molecule has 2 amide bonds. The van der Waals surface area contributed by atoms with Crippen molar-refractivity contribution in [2.75, 3.05) is 16.2 Å². The molecular weight excluding hydrogens is 370 g/mol. The summed E-state index contributed by atoms with van der Waals surface area (Å²) in [6.07, 6.45) is 0.574. The third-order valence-corrected chi connectivity index (χ3v) is 5.58. The molecule has 1 heterocycles. The Kier molecular flexibility index (Phi) is 5.04. The second-order valence-corrected chi connectivity index (χ2v) is 7.82. The lowest BCUT2D eigenvalue weighted by molar-refractivity contribution is -0.117. The van der Waals surface area contributed by atoms with Crippen LogP contribution < -0.4 is 14.3 Å². The first kappa shape index (κ1) is 18.7. The van der Waals surface area contributed by atoms with Crippen LogP contribution in [0.4, 0.5) is 11.4 Å². The number of phenolic OH excluding ortho intramolecular Hbond substituents is 1. The van der Waals surface area contributed by atoms with Crippen LogP contribution in [0.5, 0.6) is 5.75 Å². The number of para-hydroxylation sites is 1. The highest BCUT2D eigenvalue weighted by molar-refractivity contribution is 7.92. The first-order valence-electron chi connectivity index (χ1n) is 8.27. The molecule has 0 saturated carbocycles. The van der Waals surface area contributed by atoms with E-state index in [-0.39, 0.29) is 30.3 Å². The quantitative estimate of drug-likeness (QED) is 0.716. The molecule has 0 radical (unpaired) electrons. The number of aryl methyl sites for hydroxylation is 2. The van der Waals surface area contributed by atoms with Gasteiger partial charge in [-0.15, -0.1) is 0 Å². The number of hydrogen-bond acceptors (Lipinski definition) is 5. The SMILES string of the molecule is Cc1ccccc1NC(=O)CCc1ccc(N2CC(=O)NS2(=O)=O)c(O)c1. The van der Waals surface area contributed by atoms with Crippen LogP contribution in [0.2, 0.25) is 0 Å². The van der Waals surface area contributed by atoms with Crippen molar-refractivity contribution in [2.45, 2.75) is 19.8 Å². The van der Waals surface area contributed by atoms with Gasteiger partial charge in [-0.05, 0) is 42.7 Å². The van der Waals surface area contributed by atoms with Gasteiger partial charge in [-0.3, -0.25) is 9.59 Å². The van der Waals surface area contributed by atoms with Crippen molar-refractivity contribution in [2.24, 2.45) is 0 Å². The molecule has 0 spiro atoms. The fraction of sp³-hybridized carbons (Fsp3) is 0.222. The van der Waals surface area contributed by atoms with Crippen molar-refractivity contribution >= 4 is 33.4 Å². The van der Waals surface area contributed by atoms with Crippen LogP contribution in [0.1, 0.15) is 17.5 Å². The highest BCUT2D eigenvalue weighted by atomic mass is 32.2. The molecule has 1 fully saturated rings. The molecule has 8 nitrogen and oxygen atoms in total. The molecule has 1 aliphatic rings. The van der Waals surface area contributed by atoms with Gasteiger partial charge in [-0.1, -0.05) is 24.3 Å². The number of phenols is 1. The summed E-state index contributed by atoms with van der Waals surface area (Å²) in [5, 5.41) is 13.0. The van der Waals surface area contributed by atoms with Crippen molar-refractivity contribution in [1.82, 2.24) is 4.72 Å². The van der Waals surface area contributed by atoms with Gasteiger partial charge >= 0.3 is 10.2 Å². The molecular formula is C18H19N3O5S. The van der Waals surface area contributed by atoms with E-state index in [1.165, 1.54) is 12.1 Å². The van der Waals surface area contributed by atoms with E-state index in [0.717, 1.165) is 15.6 Å². The van der Waals surface area contributed by atoms with Crippen molar-refractivity contribution in [3.63, 3.8) is 0 Å². The maximum absolute atomic E-state index is 12.1. The molecule has 9 heteroatoms. The largest absolute Gasteiger partial charge is 0.506 e. The molecule has 3 rings (SSSR count). The van der Waals surface area contributed by atoms with Gasteiger partial charge in [0.25, 0.3) is 5.91 Å².